The van der Waals surface area contributed by atoms with Crippen LogP contribution in [0.25, 0.3) is 10.9 Å². The van der Waals surface area contributed by atoms with Crippen LogP contribution in [0.5, 0.6) is 0 Å². The Balaban J connectivity index is 1.64. The van der Waals surface area contributed by atoms with Gasteiger partial charge in [0.2, 0.25) is 0 Å². The summed E-state index contributed by atoms with van der Waals surface area (Å²) in [6.45, 7) is 7.74. The Hall–Kier alpha value is -1.61. The second kappa shape index (κ2) is 6.66. The van der Waals surface area contributed by atoms with Crippen molar-refractivity contribution in [3.8, 4) is 0 Å². The number of fused-ring (bicyclic) bond motifs is 1. The molecular formula is C19H25FN2. The van der Waals surface area contributed by atoms with Crippen LogP contribution in [0.1, 0.15) is 39.2 Å². The van der Waals surface area contributed by atoms with Crippen LogP contribution >= 0.6 is 0 Å². The van der Waals surface area contributed by atoms with Crippen molar-refractivity contribution in [2.24, 2.45) is 0 Å². The van der Waals surface area contributed by atoms with E-state index in [0.717, 1.165) is 43.4 Å². The molecule has 0 aliphatic carbocycles. The Morgan fingerprint density at radius 2 is 2.05 bits per heavy atom. The molecule has 2 nitrogen and oxygen atoms in total. The second-order valence-corrected chi connectivity index (χ2v) is 6.38. The highest BCUT2D eigenvalue weighted by Crippen LogP contribution is 2.28. The Labute approximate surface area is 132 Å². The van der Waals surface area contributed by atoms with Gasteiger partial charge in [-0.2, -0.15) is 0 Å². The smallest absolute Gasteiger partial charge is 0.125 e. The number of hydrogen-bond donors (Lipinski definition) is 0. The number of halogens is 1. The van der Waals surface area contributed by atoms with Crippen LogP contribution < -0.4 is 0 Å². The molecule has 3 rings (SSSR count). The van der Waals surface area contributed by atoms with E-state index in [2.05, 4.69) is 41.7 Å². The zero-order valence-electron chi connectivity index (χ0n) is 13.6. The van der Waals surface area contributed by atoms with Gasteiger partial charge in [-0.3, -0.25) is 0 Å². The summed E-state index contributed by atoms with van der Waals surface area (Å²) in [5.41, 5.74) is 2.50. The van der Waals surface area contributed by atoms with Gasteiger partial charge in [-0.05, 0) is 62.8 Å². The maximum Gasteiger partial charge on any atom is 0.125 e. The molecule has 3 heteroatoms. The third-order valence-electron chi connectivity index (χ3n) is 4.95. The van der Waals surface area contributed by atoms with Crippen molar-refractivity contribution < 1.29 is 4.39 Å². The molecule has 0 spiro atoms. The summed E-state index contributed by atoms with van der Waals surface area (Å²) in [7, 11) is 0. The lowest BCUT2D eigenvalue weighted by Gasteiger charge is -2.33. The van der Waals surface area contributed by atoms with Crippen LogP contribution in [0.15, 0.2) is 42.1 Å². The summed E-state index contributed by atoms with van der Waals surface area (Å²) < 4.78 is 15.8. The zero-order valence-corrected chi connectivity index (χ0v) is 13.6. The van der Waals surface area contributed by atoms with Gasteiger partial charge in [0.25, 0.3) is 0 Å². The van der Waals surface area contributed by atoms with Gasteiger partial charge in [0, 0.05) is 31.9 Å². The lowest BCUT2D eigenvalue weighted by molar-refractivity contribution is 0.190. The van der Waals surface area contributed by atoms with E-state index in [-0.39, 0.29) is 5.82 Å². The zero-order chi connectivity index (χ0) is 15.5. The summed E-state index contributed by atoms with van der Waals surface area (Å²) >= 11 is 0. The Kier molecular flexibility index (Phi) is 4.63. The molecule has 2 heterocycles. The molecule has 1 fully saturated rings. The van der Waals surface area contributed by atoms with Crippen molar-refractivity contribution in [1.82, 2.24) is 9.47 Å². The monoisotopic (exact) mass is 300 g/mol. The molecule has 1 aromatic heterocycles. The minimum atomic E-state index is -0.147. The molecule has 0 N–H and O–H groups in total. The molecule has 0 unspecified atom stereocenters. The van der Waals surface area contributed by atoms with Crippen LogP contribution in [0.3, 0.4) is 0 Å². The standard InChI is InChI=1S/C19H25FN2/c1-3-15(2)6-10-21-11-8-18(9-12-21)22-13-7-16-4-5-17(20)14-19(16)22/h3-5,7,13-14,18H,6,8-12H2,1-2H3/b15-3+. The number of allylic oxidation sites excluding steroid dienone is 1. The summed E-state index contributed by atoms with van der Waals surface area (Å²) in [5, 5.41) is 1.13. The molecule has 0 radical (unpaired) electrons. The molecule has 22 heavy (non-hydrogen) atoms. The first kappa shape index (κ1) is 15.3. The molecular weight excluding hydrogens is 275 g/mol. The summed E-state index contributed by atoms with van der Waals surface area (Å²) in [6, 6.07) is 7.67. The van der Waals surface area contributed by atoms with Crippen molar-refractivity contribution in [2.45, 2.75) is 39.2 Å². The van der Waals surface area contributed by atoms with E-state index in [1.165, 1.54) is 12.0 Å². The normalized spacial score (nSPS) is 18.2. The number of nitrogens with zero attached hydrogens (tertiary/aromatic N) is 2. The maximum atomic E-state index is 13.5. The van der Waals surface area contributed by atoms with Gasteiger partial charge < -0.3 is 9.47 Å². The number of benzene rings is 1. The highest BCUT2D eigenvalue weighted by atomic mass is 19.1. The van der Waals surface area contributed by atoms with E-state index in [1.807, 2.05) is 6.07 Å². The number of likely N-dealkylation sites (tertiary alicyclic amines) is 1. The van der Waals surface area contributed by atoms with Crippen molar-refractivity contribution in [1.29, 1.82) is 0 Å². The maximum absolute atomic E-state index is 13.5. The molecule has 1 aliphatic rings. The first-order chi connectivity index (χ1) is 10.7. The quantitative estimate of drug-likeness (QED) is 0.738. The van der Waals surface area contributed by atoms with E-state index in [9.17, 15) is 4.39 Å². The first-order valence-electron chi connectivity index (χ1n) is 8.27. The van der Waals surface area contributed by atoms with Gasteiger partial charge in [0.15, 0.2) is 0 Å². The van der Waals surface area contributed by atoms with Crippen molar-refractivity contribution in [3.63, 3.8) is 0 Å². The minimum Gasteiger partial charge on any atom is -0.344 e. The number of rotatable bonds is 4. The molecule has 1 aliphatic heterocycles. The van der Waals surface area contributed by atoms with Crippen LogP contribution in [-0.2, 0) is 0 Å². The predicted octanol–water partition coefficient (Wildman–Crippen LogP) is 4.77. The Morgan fingerprint density at radius 1 is 1.27 bits per heavy atom. The van der Waals surface area contributed by atoms with Crippen LogP contribution in [0.2, 0.25) is 0 Å². The van der Waals surface area contributed by atoms with Crippen molar-refractivity contribution in [2.75, 3.05) is 19.6 Å². The second-order valence-electron chi connectivity index (χ2n) is 6.38. The Bertz CT molecular complexity index is 663. The van der Waals surface area contributed by atoms with Crippen molar-refractivity contribution in [3.05, 3.63) is 47.9 Å². The first-order valence-corrected chi connectivity index (χ1v) is 8.27. The lowest BCUT2D eigenvalue weighted by Crippen LogP contribution is -2.35. The average Bonchev–Trinajstić information content (AvgIpc) is 2.96. The fourth-order valence-corrected chi connectivity index (χ4v) is 3.34. The molecule has 0 atom stereocenters. The van der Waals surface area contributed by atoms with Gasteiger partial charge in [-0.15, -0.1) is 0 Å². The van der Waals surface area contributed by atoms with Crippen LogP contribution in [-0.4, -0.2) is 29.1 Å². The van der Waals surface area contributed by atoms with E-state index in [1.54, 1.807) is 12.1 Å². The van der Waals surface area contributed by atoms with E-state index < -0.39 is 0 Å². The van der Waals surface area contributed by atoms with Gasteiger partial charge in [0.05, 0.1) is 5.52 Å². The van der Waals surface area contributed by atoms with E-state index in [4.69, 9.17) is 0 Å². The fourth-order valence-electron chi connectivity index (χ4n) is 3.34. The lowest BCUT2D eigenvalue weighted by atomic mass is 10.0. The molecule has 118 valence electrons. The number of aromatic nitrogens is 1. The SMILES string of the molecule is C/C=C(\C)CCN1CCC(n2ccc3ccc(F)cc32)CC1. The van der Waals surface area contributed by atoms with Gasteiger partial charge >= 0.3 is 0 Å². The van der Waals surface area contributed by atoms with Gasteiger partial charge in [-0.25, -0.2) is 4.39 Å². The van der Waals surface area contributed by atoms with Crippen LogP contribution in [0, 0.1) is 5.82 Å². The summed E-state index contributed by atoms with van der Waals surface area (Å²) in [6.07, 6.45) is 7.78. The van der Waals surface area contributed by atoms with E-state index in [0.29, 0.717) is 6.04 Å². The molecule has 0 bridgehead atoms. The van der Waals surface area contributed by atoms with E-state index >= 15 is 0 Å². The molecule has 2 aromatic rings. The van der Waals surface area contributed by atoms with Crippen LogP contribution in [0.4, 0.5) is 4.39 Å². The predicted molar refractivity (Wildman–Crippen MR) is 90.7 cm³/mol. The fraction of sp³-hybridized carbons (Fsp3) is 0.474. The highest BCUT2D eigenvalue weighted by Gasteiger charge is 2.21. The number of piperidine rings is 1. The molecule has 1 saturated heterocycles. The largest absolute Gasteiger partial charge is 0.344 e. The highest BCUT2D eigenvalue weighted by molar-refractivity contribution is 5.80. The van der Waals surface area contributed by atoms with Gasteiger partial charge in [-0.1, -0.05) is 11.6 Å². The van der Waals surface area contributed by atoms with Gasteiger partial charge in [0.1, 0.15) is 5.82 Å². The third kappa shape index (κ3) is 3.25. The third-order valence-corrected chi connectivity index (χ3v) is 4.95. The topological polar surface area (TPSA) is 8.17 Å². The Morgan fingerprint density at radius 3 is 2.77 bits per heavy atom. The summed E-state index contributed by atoms with van der Waals surface area (Å²) in [5.74, 6) is -0.147. The molecule has 1 aromatic carbocycles. The molecule has 0 amide bonds. The minimum absolute atomic E-state index is 0.147. The van der Waals surface area contributed by atoms with Crippen molar-refractivity contribution >= 4 is 10.9 Å². The average molecular weight is 300 g/mol. The molecule has 0 saturated carbocycles. The summed E-state index contributed by atoms with van der Waals surface area (Å²) in [4.78, 5) is 2.55. The number of hydrogen-bond acceptors (Lipinski definition) is 1.